The van der Waals surface area contributed by atoms with Gasteiger partial charge in [-0.2, -0.15) is 0 Å². The minimum atomic E-state index is -1.25. The number of nitrogens with one attached hydrogen (secondary N) is 4. The van der Waals surface area contributed by atoms with Gasteiger partial charge in [-0.25, -0.2) is 4.79 Å². The van der Waals surface area contributed by atoms with Gasteiger partial charge >= 0.3 is 5.97 Å². The number of carbonyl (C=O) groups is 6. The van der Waals surface area contributed by atoms with Gasteiger partial charge in [-0.3, -0.25) is 24.0 Å². The van der Waals surface area contributed by atoms with Gasteiger partial charge in [0.25, 0.3) is 0 Å². The number of rotatable bonds is 6. The summed E-state index contributed by atoms with van der Waals surface area (Å²) in [5.41, 5.74) is 0.654. The van der Waals surface area contributed by atoms with Crippen molar-refractivity contribution in [2.24, 2.45) is 0 Å². The van der Waals surface area contributed by atoms with Crippen molar-refractivity contribution >= 4 is 57.1 Å². The topological polar surface area (TPSA) is 194 Å². The fraction of sp³-hybridized carbons (Fsp3) is 0.478. The summed E-state index contributed by atoms with van der Waals surface area (Å²) in [7, 11) is 3.54. The smallest absolute Gasteiger partial charge is 0.327 e. The molecule has 1 aliphatic rings. The Kier molecular flexibility index (Phi) is 11.7. The van der Waals surface area contributed by atoms with Gasteiger partial charge < -0.3 is 36.4 Å². The Morgan fingerprint density at radius 3 is 2.34 bits per heavy atom. The quantitative estimate of drug-likeness (QED) is 0.228. The summed E-state index contributed by atoms with van der Waals surface area (Å²) >= 11 is 0. The van der Waals surface area contributed by atoms with Crippen LogP contribution in [0.1, 0.15) is 19.4 Å². The zero-order valence-electron chi connectivity index (χ0n) is 21.1. The van der Waals surface area contributed by atoms with E-state index in [9.17, 15) is 39.0 Å². The first kappa shape index (κ1) is 30.8. The molecule has 0 bridgehead atoms. The first-order valence-corrected chi connectivity index (χ1v) is 14.0. The molecule has 0 unspecified atom stereocenters. The Bertz CT molecular complexity index is 1050. The Morgan fingerprint density at radius 1 is 1.11 bits per heavy atom. The first-order valence-electron chi connectivity index (χ1n) is 11.5. The van der Waals surface area contributed by atoms with E-state index in [-0.39, 0.29) is 23.7 Å². The summed E-state index contributed by atoms with van der Waals surface area (Å²) < 4.78 is 0. The third-order valence-corrected chi connectivity index (χ3v) is 7.80. The maximum absolute atomic E-state index is 13.1. The minimum Gasteiger partial charge on any atom is -0.508 e. The largest absolute Gasteiger partial charge is 0.508 e. The number of aliphatic carboxylic acids is 1. The van der Waals surface area contributed by atoms with E-state index in [1.54, 1.807) is 12.1 Å². The van der Waals surface area contributed by atoms with E-state index >= 15 is 0 Å². The number of amides is 5. The molecule has 4 atom stereocenters. The third-order valence-electron chi connectivity index (χ3n) is 5.38. The molecule has 0 saturated carbocycles. The number of carboxylic acid groups (broad SMARTS) is 1. The van der Waals surface area contributed by atoms with E-state index < -0.39 is 66.2 Å². The first-order chi connectivity index (χ1) is 17.9. The molecule has 1 saturated heterocycles. The van der Waals surface area contributed by atoms with Crippen molar-refractivity contribution in [1.82, 2.24) is 26.2 Å². The second kappa shape index (κ2) is 14.5. The van der Waals surface area contributed by atoms with E-state index in [4.69, 9.17) is 0 Å². The third kappa shape index (κ3) is 9.78. The molecular formula is C23H31N5O8S2. The van der Waals surface area contributed by atoms with Crippen LogP contribution in [0.2, 0.25) is 0 Å². The highest BCUT2D eigenvalue weighted by molar-refractivity contribution is 8.76. The molecule has 15 heteroatoms. The maximum atomic E-state index is 13.1. The van der Waals surface area contributed by atoms with Crippen molar-refractivity contribution in [3.05, 3.63) is 29.8 Å². The van der Waals surface area contributed by atoms with Crippen molar-refractivity contribution in [2.45, 2.75) is 44.4 Å². The van der Waals surface area contributed by atoms with E-state index in [0.717, 1.165) is 26.5 Å². The number of phenols is 1. The van der Waals surface area contributed by atoms with Gasteiger partial charge in [0.05, 0.1) is 6.54 Å². The fourth-order valence-corrected chi connectivity index (χ4v) is 5.74. The normalized spacial score (nSPS) is 22.3. The number of hydrogen-bond donors (Lipinski definition) is 6. The SMILES string of the molecule is CC(=O)N[C@@H](Cc1ccc(O)cc1)C(=O)N[C@H]1CSSC[C@@H](C(=O)O)NC(=O)CN(C)C(=O)[C@H](C)NC1=O. The summed E-state index contributed by atoms with van der Waals surface area (Å²) in [5.74, 6) is -4.26. The molecule has 0 spiro atoms. The molecule has 13 nitrogen and oxygen atoms in total. The van der Waals surface area contributed by atoms with Crippen molar-refractivity contribution in [3.8, 4) is 5.75 Å². The average molecular weight is 570 g/mol. The Hall–Kier alpha value is -3.46. The van der Waals surface area contributed by atoms with Crippen molar-refractivity contribution in [1.29, 1.82) is 0 Å². The van der Waals surface area contributed by atoms with Crippen LogP contribution in [0.15, 0.2) is 24.3 Å². The van der Waals surface area contributed by atoms with Crippen LogP contribution in [-0.4, -0.2) is 99.9 Å². The van der Waals surface area contributed by atoms with Crippen LogP contribution in [0.4, 0.5) is 0 Å². The average Bonchev–Trinajstić information content (AvgIpc) is 2.84. The molecule has 5 amide bonds. The molecule has 1 heterocycles. The van der Waals surface area contributed by atoms with Crippen LogP contribution in [0.3, 0.4) is 0 Å². The van der Waals surface area contributed by atoms with Gasteiger partial charge in [0.15, 0.2) is 0 Å². The molecule has 0 radical (unpaired) electrons. The predicted molar refractivity (Wildman–Crippen MR) is 141 cm³/mol. The Labute approximate surface area is 227 Å². The van der Waals surface area contributed by atoms with E-state index in [1.807, 2.05) is 0 Å². The molecule has 1 fully saturated rings. The van der Waals surface area contributed by atoms with Crippen LogP contribution in [0.25, 0.3) is 0 Å². The lowest BCUT2D eigenvalue weighted by atomic mass is 10.0. The van der Waals surface area contributed by atoms with Crippen LogP contribution in [-0.2, 0) is 35.2 Å². The summed E-state index contributed by atoms with van der Waals surface area (Å²) in [6, 6.07) is 1.65. The summed E-state index contributed by atoms with van der Waals surface area (Å²) in [6.07, 6.45) is 0.0849. The number of nitrogens with zero attached hydrogens (tertiary/aromatic N) is 1. The highest BCUT2D eigenvalue weighted by Crippen LogP contribution is 2.23. The summed E-state index contributed by atoms with van der Waals surface area (Å²) in [5, 5.41) is 29.0. The maximum Gasteiger partial charge on any atom is 0.327 e. The number of phenolic OH excluding ortho intramolecular Hbond substituents is 1. The summed E-state index contributed by atoms with van der Waals surface area (Å²) in [6.45, 7) is 2.27. The number of aromatic hydroxyl groups is 1. The number of benzene rings is 1. The van der Waals surface area contributed by atoms with E-state index in [0.29, 0.717) is 5.56 Å². The number of hydrogen-bond acceptors (Lipinski definition) is 9. The number of likely N-dealkylation sites (N-methyl/N-ethyl adjacent to an activating group) is 1. The monoisotopic (exact) mass is 569 g/mol. The second-order valence-electron chi connectivity index (χ2n) is 8.64. The van der Waals surface area contributed by atoms with Gasteiger partial charge in [0.1, 0.15) is 29.9 Å². The van der Waals surface area contributed by atoms with Gasteiger partial charge in [0.2, 0.25) is 29.5 Å². The molecular weight excluding hydrogens is 538 g/mol. The molecule has 2 rings (SSSR count). The number of carboxylic acids is 1. The lowest BCUT2D eigenvalue weighted by Crippen LogP contribution is -2.57. The van der Waals surface area contributed by atoms with E-state index in [2.05, 4.69) is 21.3 Å². The molecule has 208 valence electrons. The lowest BCUT2D eigenvalue weighted by molar-refractivity contribution is -0.142. The molecule has 1 aliphatic heterocycles. The van der Waals surface area contributed by atoms with Crippen molar-refractivity contribution < 1.29 is 39.0 Å². The zero-order valence-corrected chi connectivity index (χ0v) is 22.7. The van der Waals surface area contributed by atoms with Crippen molar-refractivity contribution in [3.63, 3.8) is 0 Å². The standard InChI is InChI=1S/C23H31N5O8S2/c1-12-22(34)28(3)9-19(31)26-18(23(35)36)11-38-37-10-17(21(33)24-12)27-20(32)16(25-13(2)29)8-14-4-6-15(30)7-5-14/h4-7,12,16-18,30H,8-11H2,1-3H3,(H,24,33)(H,25,29)(H,26,31)(H,27,32)(H,35,36)/t12-,16-,17-,18-/m0/s1. The van der Waals surface area contributed by atoms with Crippen LogP contribution < -0.4 is 21.3 Å². The molecule has 38 heavy (non-hydrogen) atoms. The second-order valence-corrected chi connectivity index (χ2v) is 11.2. The van der Waals surface area contributed by atoms with E-state index in [1.165, 1.54) is 33.0 Å². The molecule has 1 aromatic rings. The summed E-state index contributed by atoms with van der Waals surface area (Å²) in [4.78, 5) is 75.4. The van der Waals surface area contributed by atoms with Crippen LogP contribution in [0, 0.1) is 0 Å². The lowest BCUT2D eigenvalue weighted by Gasteiger charge is -2.26. The van der Waals surface area contributed by atoms with Gasteiger partial charge in [0, 0.05) is 31.9 Å². The van der Waals surface area contributed by atoms with Crippen LogP contribution >= 0.6 is 21.6 Å². The fourth-order valence-electron chi connectivity index (χ4n) is 3.42. The van der Waals surface area contributed by atoms with Crippen LogP contribution in [0.5, 0.6) is 5.75 Å². The molecule has 0 aromatic heterocycles. The van der Waals surface area contributed by atoms with Gasteiger partial charge in [-0.15, -0.1) is 0 Å². The number of carbonyl (C=O) groups excluding carboxylic acids is 5. The highest BCUT2D eigenvalue weighted by Gasteiger charge is 2.30. The molecule has 6 N–H and O–H groups in total. The predicted octanol–water partition coefficient (Wildman–Crippen LogP) is -1.15. The minimum absolute atomic E-state index is 0.00523. The Morgan fingerprint density at radius 2 is 1.74 bits per heavy atom. The zero-order chi connectivity index (χ0) is 28.4. The molecule has 1 aromatic carbocycles. The molecule has 0 aliphatic carbocycles. The Balaban J connectivity index is 2.22. The highest BCUT2D eigenvalue weighted by atomic mass is 33.1. The van der Waals surface area contributed by atoms with Gasteiger partial charge in [-0.1, -0.05) is 33.7 Å². The van der Waals surface area contributed by atoms with Crippen molar-refractivity contribution in [2.75, 3.05) is 25.1 Å². The van der Waals surface area contributed by atoms with Gasteiger partial charge in [-0.05, 0) is 24.6 Å².